The highest BCUT2D eigenvalue weighted by molar-refractivity contribution is 9.10. The van der Waals surface area contributed by atoms with Gasteiger partial charge in [0.1, 0.15) is 0 Å². The molecule has 1 aliphatic carbocycles. The molecule has 1 aliphatic rings. The Kier molecular flexibility index (Phi) is 4.07. The number of rotatable bonds is 6. The van der Waals surface area contributed by atoms with Crippen molar-refractivity contribution < 1.29 is 4.74 Å². The van der Waals surface area contributed by atoms with Gasteiger partial charge in [-0.05, 0) is 52.9 Å². The topological polar surface area (TPSA) is 47.3 Å². The minimum Gasteiger partial charge on any atom is -0.399 e. The van der Waals surface area contributed by atoms with Gasteiger partial charge in [0.2, 0.25) is 0 Å². The second kappa shape index (κ2) is 5.55. The van der Waals surface area contributed by atoms with Gasteiger partial charge in [-0.1, -0.05) is 0 Å². The smallest absolute Gasteiger partial charge is 0.0639 e. The van der Waals surface area contributed by atoms with E-state index >= 15 is 0 Å². The summed E-state index contributed by atoms with van der Waals surface area (Å²) in [5.41, 5.74) is 7.49. The fourth-order valence-corrected chi connectivity index (χ4v) is 2.00. The zero-order valence-electron chi connectivity index (χ0n) is 9.21. The third-order valence-corrected chi connectivity index (χ3v) is 3.26. The Bertz CT molecular complexity index is 353. The minimum absolute atomic E-state index is 0.757. The number of nitrogen functional groups attached to an aromatic ring is 1. The van der Waals surface area contributed by atoms with Gasteiger partial charge in [-0.2, -0.15) is 0 Å². The highest BCUT2D eigenvalue weighted by atomic mass is 79.9. The van der Waals surface area contributed by atoms with E-state index in [1.54, 1.807) is 0 Å². The molecular weight excluding hydrogens is 268 g/mol. The first-order valence-corrected chi connectivity index (χ1v) is 6.41. The summed E-state index contributed by atoms with van der Waals surface area (Å²) in [6, 6.07) is 5.76. The first kappa shape index (κ1) is 11.7. The third kappa shape index (κ3) is 3.68. The van der Waals surface area contributed by atoms with Crippen molar-refractivity contribution in [3.63, 3.8) is 0 Å². The number of benzene rings is 1. The third-order valence-electron chi connectivity index (χ3n) is 2.61. The number of hydrogen-bond donors (Lipinski definition) is 2. The molecule has 0 amide bonds. The molecule has 0 aliphatic heterocycles. The summed E-state index contributed by atoms with van der Waals surface area (Å²) in [5.74, 6) is 0.836. The van der Waals surface area contributed by atoms with Crippen LogP contribution in [0.3, 0.4) is 0 Å². The van der Waals surface area contributed by atoms with Gasteiger partial charge in [0, 0.05) is 29.0 Å². The van der Waals surface area contributed by atoms with Crippen LogP contribution in [0.25, 0.3) is 0 Å². The zero-order valence-corrected chi connectivity index (χ0v) is 10.8. The number of hydrogen-bond acceptors (Lipinski definition) is 3. The van der Waals surface area contributed by atoms with Gasteiger partial charge in [0.25, 0.3) is 0 Å². The molecule has 0 bridgehead atoms. The number of ether oxygens (including phenoxy) is 1. The first-order chi connectivity index (χ1) is 7.75. The summed E-state index contributed by atoms with van der Waals surface area (Å²) >= 11 is 3.47. The SMILES string of the molecule is Nc1ccc(NCCOCC2CC2)c(Br)c1. The number of nitrogens with one attached hydrogen (secondary N) is 1. The summed E-state index contributed by atoms with van der Waals surface area (Å²) < 4.78 is 6.54. The predicted octanol–water partition coefficient (Wildman–Crippen LogP) is 2.87. The first-order valence-electron chi connectivity index (χ1n) is 5.62. The number of anilines is 2. The van der Waals surface area contributed by atoms with Crippen molar-refractivity contribution >= 4 is 27.3 Å². The zero-order chi connectivity index (χ0) is 11.4. The van der Waals surface area contributed by atoms with Crippen LogP contribution >= 0.6 is 15.9 Å². The van der Waals surface area contributed by atoms with Crippen LogP contribution in [0, 0.1) is 5.92 Å². The monoisotopic (exact) mass is 284 g/mol. The lowest BCUT2D eigenvalue weighted by molar-refractivity contribution is 0.134. The molecule has 88 valence electrons. The van der Waals surface area contributed by atoms with Gasteiger partial charge in [0.15, 0.2) is 0 Å². The second-order valence-electron chi connectivity index (χ2n) is 4.18. The summed E-state index contributed by atoms with van der Waals surface area (Å²) in [6.07, 6.45) is 2.69. The molecule has 0 atom stereocenters. The molecule has 0 heterocycles. The molecule has 4 heteroatoms. The van der Waals surface area contributed by atoms with Crippen LogP contribution in [0.1, 0.15) is 12.8 Å². The molecule has 0 spiro atoms. The van der Waals surface area contributed by atoms with Gasteiger partial charge in [-0.15, -0.1) is 0 Å². The van der Waals surface area contributed by atoms with E-state index in [4.69, 9.17) is 10.5 Å². The Balaban J connectivity index is 1.67. The fraction of sp³-hybridized carbons (Fsp3) is 0.500. The lowest BCUT2D eigenvalue weighted by Gasteiger charge is -2.09. The predicted molar refractivity (Wildman–Crippen MR) is 70.6 cm³/mol. The van der Waals surface area contributed by atoms with E-state index in [1.165, 1.54) is 12.8 Å². The standard InChI is InChI=1S/C12H17BrN2O/c13-11-7-10(14)3-4-12(11)15-5-6-16-8-9-1-2-9/h3-4,7,9,15H,1-2,5-6,8,14H2. The number of halogens is 1. The molecule has 1 saturated carbocycles. The average molecular weight is 285 g/mol. The Hall–Kier alpha value is -0.740. The van der Waals surface area contributed by atoms with Gasteiger partial charge >= 0.3 is 0 Å². The molecular formula is C12H17BrN2O. The molecule has 3 N–H and O–H groups in total. The van der Waals surface area contributed by atoms with E-state index in [0.717, 1.165) is 41.5 Å². The lowest BCUT2D eigenvalue weighted by Crippen LogP contribution is -2.11. The highest BCUT2D eigenvalue weighted by Crippen LogP contribution is 2.28. The highest BCUT2D eigenvalue weighted by Gasteiger charge is 2.20. The molecule has 0 aromatic heterocycles. The van der Waals surface area contributed by atoms with Crippen LogP contribution in [0.15, 0.2) is 22.7 Å². The molecule has 0 radical (unpaired) electrons. The van der Waals surface area contributed by atoms with Crippen molar-refractivity contribution in [1.29, 1.82) is 0 Å². The van der Waals surface area contributed by atoms with E-state index in [0.29, 0.717) is 0 Å². The van der Waals surface area contributed by atoms with Gasteiger partial charge in [-0.3, -0.25) is 0 Å². The van der Waals surface area contributed by atoms with E-state index in [2.05, 4.69) is 21.2 Å². The minimum atomic E-state index is 0.757. The van der Waals surface area contributed by atoms with E-state index in [9.17, 15) is 0 Å². The largest absolute Gasteiger partial charge is 0.399 e. The van der Waals surface area contributed by atoms with Crippen LogP contribution < -0.4 is 11.1 Å². The normalized spacial score (nSPS) is 15.1. The molecule has 2 rings (SSSR count). The molecule has 1 fully saturated rings. The quantitative estimate of drug-likeness (QED) is 0.624. The second-order valence-corrected chi connectivity index (χ2v) is 5.04. The van der Waals surface area contributed by atoms with Crippen molar-refractivity contribution in [1.82, 2.24) is 0 Å². The number of nitrogens with two attached hydrogens (primary N) is 1. The summed E-state index contributed by atoms with van der Waals surface area (Å²) in [5, 5.41) is 3.31. The average Bonchev–Trinajstić information content (AvgIpc) is 3.04. The van der Waals surface area contributed by atoms with Crippen molar-refractivity contribution in [2.45, 2.75) is 12.8 Å². The van der Waals surface area contributed by atoms with Crippen LogP contribution in [-0.2, 0) is 4.74 Å². The van der Waals surface area contributed by atoms with E-state index in [1.807, 2.05) is 18.2 Å². The van der Waals surface area contributed by atoms with E-state index < -0.39 is 0 Å². The van der Waals surface area contributed by atoms with Crippen molar-refractivity contribution in [2.24, 2.45) is 5.92 Å². The van der Waals surface area contributed by atoms with Crippen molar-refractivity contribution in [3.8, 4) is 0 Å². The molecule has 1 aromatic rings. The van der Waals surface area contributed by atoms with Gasteiger partial charge < -0.3 is 15.8 Å². The molecule has 3 nitrogen and oxygen atoms in total. The maximum atomic E-state index is 5.66. The van der Waals surface area contributed by atoms with Crippen molar-refractivity contribution in [3.05, 3.63) is 22.7 Å². The lowest BCUT2D eigenvalue weighted by atomic mass is 10.3. The summed E-state index contributed by atoms with van der Waals surface area (Å²) in [6.45, 7) is 2.51. The Labute approximate surface area is 104 Å². The van der Waals surface area contributed by atoms with Gasteiger partial charge in [-0.25, -0.2) is 0 Å². The summed E-state index contributed by atoms with van der Waals surface area (Å²) in [7, 11) is 0. The molecule has 0 saturated heterocycles. The molecule has 1 aromatic carbocycles. The van der Waals surface area contributed by atoms with Crippen LogP contribution in [0.4, 0.5) is 11.4 Å². The maximum Gasteiger partial charge on any atom is 0.0639 e. The Morgan fingerprint density at radius 3 is 2.94 bits per heavy atom. The molecule has 0 unspecified atom stereocenters. The molecule has 16 heavy (non-hydrogen) atoms. The Morgan fingerprint density at radius 2 is 2.25 bits per heavy atom. The van der Waals surface area contributed by atoms with Crippen LogP contribution in [0.5, 0.6) is 0 Å². The maximum absolute atomic E-state index is 5.66. The fourth-order valence-electron chi connectivity index (χ4n) is 1.47. The van der Waals surface area contributed by atoms with Crippen molar-refractivity contribution in [2.75, 3.05) is 30.8 Å². The van der Waals surface area contributed by atoms with Crippen LogP contribution in [0.2, 0.25) is 0 Å². The summed E-state index contributed by atoms with van der Waals surface area (Å²) in [4.78, 5) is 0. The van der Waals surface area contributed by atoms with Crippen LogP contribution in [-0.4, -0.2) is 19.8 Å². The Morgan fingerprint density at radius 1 is 1.44 bits per heavy atom. The van der Waals surface area contributed by atoms with Gasteiger partial charge in [0.05, 0.1) is 6.61 Å². The van der Waals surface area contributed by atoms with E-state index in [-0.39, 0.29) is 0 Å².